The Bertz CT molecular complexity index is 1380. The van der Waals surface area contributed by atoms with E-state index in [0.717, 1.165) is 10.8 Å². The highest BCUT2D eigenvalue weighted by Gasteiger charge is 2.40. The number of aliphatic hydroxyl groups is 1. The maximum absolute atomic E-state index is 14.1. The lowest BCUT2D eigenvalue weighted by molar-refractivity contribution is -0.0925. The molecule has 2 atom stereocenters. The maximum atomic E-state index is 14.1. The van der Waals surface area contributed by atoms with Gasteiger partial charge in [-0.2, -0.15) is 9.67 Å². The number of piperazine rings is 1. The van der Waals surface area contributed by atoms with Crippen LogP contribution in [0.1, 0.15) is 38.2 Å². The Labute approximate surface area is 224 Å². The van der Waals surface area contributed by atoms with Crippen LogP contribution in [-0.2, 0) is 11.4 Å². The average molecular weight is 547 g/mol. The maximum Gasteiger partial charge on any atom is 0.334 e. The molecule has 0 bridgehead atoms. The minimum atomic E-state index is -0.822. The molecule has 0 aromatic carbocycles. The van der Waals surface area contributed by atoms with Gasteiger partial charge in [-0.25, -0.2) is 23.8 Å². The summed E-state index contributed by atoms with van der Waals surface area (Å²) in [7, 11) is 0. The molecular formula is C25H35FN8O5. The first-order valence-electron chi connectivity index (χ1n) is 13.1. The number of amides is 1. The summed E-state index contributed by atoms with van der Waals surface area (Å²) < 4.78 is 21.7. The Morgan fingerprint density at radius 3 is 2.62 bits per heavy atom. The van der Waals surface area contributed by atoms with Crippen LogP contribution in [0.2, 0.25) is 0 Å². The van der Waals surface area contributed by atoms with Crippen molar-refractivity contribution in [2.45, 2.75) is 64.9 Å². The molecule has 14 heteroatoms. The zero-order valence-corrected chi connectivity index (χ0v) is 22.6. The van der Waals surface area contributed by atoms with E-state index >= 15 is 0 Å². The second kappa shape index (κ2) is 10.2. The average Bonchev–Trinajstić information content (AvgIpc) is 3.35. The van der Waals surface area contributed by atoms with E-state index in [2.05, 4.69) is 25.3 Å². The number of fused-ring (bicyclic) bond motifs is 1. The Morgan fingerprint density at radius 2 is 1.90 bits per heavy atom. The van der Waals surface area contributed by atoms with E-state index in [4.69, 9.17) is 4.74 Å². The second-order valence-corrected chi connectivity index (χ2v) is 10.6. The van der Waals surface area contributed by atoms with Gasteiger partial charge >= 0.3 is 6.03 Å². The number of aromatic nitrogens is 5. The number of aryl methyl sites for hydroxylation is 2. The van der Waals surface area contributed by atoms with E-state index < -0.39 is 29.2 Å². The molecule has 1 amide bonds. The van der Waals surface area contributed by atoms with Crippen molar-refractivity contribution < 1.29 is 29.2 Å². The van der Waals surface area contributed by atoms with Crippen molar-refractivity contribution in [1.82, 2.24) is 34.1 Å². The monoisotopic (exact) mass is 546 g/mol. The molecule has 2 saturated heterocycles. The van der Waals surface area contributed by atoms with Crippen molar-refractivity contribution in [3.63, 3.8) is 0 Å². The summed E-state index contributed by atoms with van der Waals surface area (Å²) in [5, 5.41) is 40.5. The number of rotatable bonds is 5. The number of ether oxygens (including phenoxy) is 1. The molecule has 13 nitrogen and oxygen atoms in total. The predicted molar refractivity (Wildman–Crippen MR) is 139 cm³/mol. The summed E-state index contributed by atoms with van der Waals surface area (Å²) in [5.74, 6) is -1.18. The van der Waals surface area contributed by atoms with E-state index in [0.29, 0.717) is 57.2 Å². The number of anilines is 1. The molecule has 5 rings (SSSR count). The molecule has 2 fully saturated rings. The summed E-state index contributed by atoms with van der Waals surface area (Å²) in [6.07, 6.45) is 2.19. The number of hydrogen-bond acceptors (Lipinski definition) is 10. The molecule has 3 aromatic rings. The third kappa shape index (κ3) is 4.99. The summed E-state index contributed by atoms with van der Waals surface area (Å²) in [5.41, 5.74) is -0.294. The van der Waals surface area contributed by atoms with Crippen molar-refractivity contribution in [1.29, 1.82) is 0 Å². The summed E-state index contributed by atoms with van der Waals surface area (Å²) in [4.78, 5) is 25.3. The molecule has 0 aliphatic carbocycles. The van der Waals surface area contributed by atoms with Gasteiger partial charge in [-0.3, -0.25) is 4.90 Å². The largest absolute Gasteiger partial charge is 0.494 e. The van der Waals surface area contributed by atoms with Crippen LogP contribution in [-0.4, -0.2) is 106 Å². The lowest BCUT2D eigenvalue weighted by Gasteiger charge is -2.47. The number of nitrogens with one attached hydrogen (secondary N) is 1. The first kappa shape index (κ1) is 27.1. The van der Waals surface area contributed by atoms with Crippen molar-refractivity contribution in [2.75, 3.05) is 38.2 Å². The van der Waals surface area contributed by atoms with Gasteiger partial charge in [-0.1, -0.05) is 0 Å². The third-order valence-corrected chi connectivity index (χ3v) is 7.72. The zero-order valence-electron chi connectivity index (χ0n) is 22.6. The van der Waals surface area contributed by atoms with Crippen molar-refractivity contribution in [3.05, 3.63) is 23.5 Å². The molecule has 4 N–H and O–H groups in total. The van der Waals surface area contributed by atoms with Crippen molar-refractivity contribution in [2.24, 2.45) is 0 Å². The molecule has 0 saturated carbocycles. The zero-order chi connectivity index (χ0) is 28.1. The van der Waals surface area contributed by atoms with Crippen LogP contribution in [0.15, 0.2) is 6.20 Å². The van der Waals surface area contributed by atoms with Crippen molar-refractivity contribution >= 4 is 22.8 Å². The summed E-state index contributed by atoms with van der Waals surface area (Å²) >= 11 is 0. The molecular weight excluding hydrogens is 511 g/mol. The fourth-order valence-electron chi connectivity index (χ4n) is 5.52. The third-order valence-electron chi connectivity index (χ3n) is 7.72. The van der Waals surface area contributed by atoms with Crippen LogP contribution in [0.25, 0.3) is 10.9 Å². The molecule has 5 heterocycles. The molecule has 39 heavy (non-hydrogen) atoms. The van der Waals surface area contributed by atoms with E-state index in [9.17, 15) is 24.5 Å². The highest BCUT2D eigenvalue weighted by molar-refractivity contribution is 5.98. The van der Waals surface area contributed by atoms with E-state index in [1.165, 1.54) is 4.68 Å². The van der Waals surface area contributed by atoms with Crippen LogP contribution in [0, 0.1) is 19.7 Å². The molecule has 0 spiro atoms. The lowest BCUT2D eigenvalue weighted by atomic mass is 9.92. The number of hydrogen-bond donors (Lipinski definition) is 4. The fourth-order valence-corrected chi connectivity index (χ4v) is 5.52. The van der Waals surface area contributed by atoms with Gasteiger partial charge in [0.1, 0.15) is 18.0 Å². The van der Waals surface area contributed by atoms with Crippen LogP contribution in [0.5, 0.6) is 11.8 Å². The SMILES string of the molecule is Cc1ncc(F)c(NCn2nc(C)c3c(O)n(C(=O)N4C[C@@H](C)N(CC5(O)CCOCC5)C[C@@H]4C)c(O)c32)n1. The highest BCUT2D eigenvalue weighted by atomic mass is 19.1. The van der Waals surface area contributed by atoms with Gasteiger partial charge in [0.05, 0.1) is 22.9 Å². The fraction of sp³-hybridized carbons (Fsp3) is 0.600. The minimum Gasteiger partial charge on any atom is -0.494 e. The number of carbonyl (C=O) groups excluding carboxylic acids is 1. The topological polar surface area (TPSA) is 154 Å². The van der Waals surface area contributed by atoms with Gasteiger partial charge in [0.2, 0.25) is 11.8 Å². The minimum absolute atomic E-state index is 0.0332. The summed E-state index contributed by atoms with van der Waals surface area (Å²) in [6.45, 7) is 9.50. The van der Waals surface area contributed by atoms with Gasteiger partial charge in [-0.15, -0.1) is 0 Å². The van der Waals surface area contributed by atoms with E-state index in [1.807, 2.05) is 13.8 Å². The Hall–Kier alpha value is -3.49. The number of aromatic hydroxyl groups is 2. The van der Waals surface area contributed by atoms with Gasteiger partial charge in [0.25, 0.3) is 0 Å². The van der Waals surface area contributed by atoms with Crippen LogP contribution in [0.3, 0.4) is 0 Å². The van der Waals surface area contributed by atoms with Crippen LogP contribution < -0.4 is 5.32 Å². The first-order valence-corrected chi connectivity index (χ1v) is 13.1. The van der Waals surface area contributed by atoms with Crippen LogP contribution >= 0.6 is 0 Å². The predicted octanol–water partition coefficient (Wildman–Crippen LogP) is 1.77. The van der Waals surface area contributed by atoms with Crippen LogP contribution in [0.4, 0.5) is 15.0 Å². The highest BCUT2D eigenvalue weighted by Crippen LogP contribution is 2.39. The van der Waals surface area contributed by atoms with Gasteiger partial charge < -0.3 is 30.3 Å². The first-order chi connectivity index (χ1) is 18.5. The van der Waals surface area contributed by atoms with Crippen molar-refractivity contribution in [3.8, 4) is 11.8 Å². The van der Waals surface area contributed by atoms with Gasteiger partial charge in [0, 0.05) is 57.8 Å². The molecule has 0 radical (unpaired) electrons. The number of β-amino-alcohol motifs (C(OH)–C–C–N with tert-alkyl or cyclic N) is 1. The van der Waals surface area contributed by atoms with Gasteiger partial charge in [0.15, 0.2) is 11.6 Å². The Morgan fingerprint density at radius 1 is 1.18 bits per heavy atom. The van der Waals surface area contributed by atoms with E-state index in [1.54, 1.807) is 18.7 Å². The van der Waals surface area contributed by atoms with E-state index in [-0.39, 0.29) is 35.5 Å². The molecule has 3 aromatic heterocycles. The summed E-state index contributed by atoms with van der Waals surface area (Å²) in [6, 6.07) is -0.870. The second-order valence-electron chi connectivity index (χ2n) is 10.6. The lowest BCUT2D eigenvalue weighted by Crippen LogP contribution is -2.61. The van der Waals surface area contributed by atoms with Gasteiger partial charge in [-0.05, 0) is 27.7 Å². The quantitative estimate of drug-likeness (QED) is 0.372. The molecule has 212 valence electrons. The Kier molecular flexibility index (Phi) is 7.11. The number of carbonyl (C=O) groups is 1. The standard InChI is InChI=1S/C25H35FN8O5/c1-14-11-32(15(2)10-31(14)12-25(38)5-7-39-8-6-25)24(37)34-22(35)19-16(3)30-33(20(19)23(34)36)13-28-21-18(26)9-27-17(4)29-21/h9,14-15,35-36,38H,5-8,10-13H2,1-4H3,(H,27,28,29)/t14-,15+/m1/s1. The number of halogens is 1. The smallest absolute Gasteiger partial charge is 0.334 e. The Balaban J connectivity index is 1.37. The molecule has 0 unspecified atom stereocenters. The molecule has 2 aliphatic rings. The normalized spacial score (nSPS) is 21.9. The number of nitrogens with zero attached hydrogens (tertiary/aromatic N) is 7. The molecule has 2 aliphatic heterocycles.